The highest BCUT2D eigenvalue weighted by atomic mass is 16.3. The molecule has 0 aliphatic rings. The minimum atomic E-state index is -0.350. The largest absolute Gasteiger partial charge is 0.456 e. The van der Waals surface area contributed by atoms with E-state index in [9.17, 15) is 4.11 Å². The summed E-state index contributed by atoms with van der Waals surface area (Å²) in [6, 6.07) is 53.6. The zero-order valence-corrected chi connectivity index (χ0v) is 33.3. The average Bonchev–Trinajstić information content (AvgIpc) is 4.07. The standard InChI is InChI=1S/C57H34N4O2/c1-3-14-35(15-4-1)37-18-11-19-38(30-37)39-20-12-21-40(31-39)55-58-56(41-28-29-45-52(32-41)63-51-27-13-24-42(54(45)51)36-16-5-2-6-17-36)60-57(59-55)61-48-25-9-7-22-43(48)46-33-47-44-23-8-10-26-50(44)62-53(47)34-49(46)61/h1-34H/i13D,24D,27D,28D,29D,32D. The molecule has 0 saturated carbocycles. The van der Waals surface area contributed by atoms with Crippen LogP contribution >= 0.6 is 0 Å². The van der Waals surface area contributed by atoms with Crippen LogP contribution in [0.1, 0.15) is 8.22 Å². The second kappa shape index (κ2) is 14.0. The van der Waals surface area contributed by atoms with E-state index in [0.717, 1.165) is 60.4 Å². The van der Waals surface area contributed by atoms with E-state index in [-0.39, 0.29) is 86.9 Å². The van der Waals surface area contributed by atoms with Gasteiger partial charge in [-0.15, -0.1) is 0 Å². The molecule has 4 aromatic heterocycles. The predicted molar refractivity (Wildman–Crippen MR) is 256 cm³/mol. The molecule has 0 aliphatic heterocycles. The Bertz CT molecular complexity index is 4280. The summed E-state index contributed by atoms with van der Waals surface area (Å²) >= 11 is 0. The highest BCUT2D eigenvalue weighted by Gasteiger charge is 2.21. The number of hydrogen-bond acceptors (Lipinski definition) is 5. The van der Waals surface area contributed by atoms with Gasteiger partial charge in [-0.25, -0.2) is 4.98 Å². The van der Waals surface area contributed by atoms with Crippen molar-refractivity contribution in [3.05, 3.63) is 206 Å². The number of furan rings is 2. The Labute approximate surface area is 369 Å². The van der Waals surface area contributed by atoms with E-state index in [0.29, 0.717) is 16.7 Å². The SMILES string of the molecule is [2H]c1c([2H])c(-c2ccccc2)c2c(oc3c([2H])c(-c4nc(-c5cccc(-c6cccc(-c7ccccc7)c6)c5)nc(-n5c6ccccc6c6cc7c(cc65)oc5ccccc57)n4)c([2H])c([2H])c32)c1[2H]. The summed E-state index contributed by atoms with van der Waals surface area (Å²) in [5, 5.41) is 4.18. The lowest BCUT2D eigenvalue weighted by Crippen LogP contribution is -2.06. The summed E-state index contributed by atoms with van der Waals surface area (Å²) in [5.74, 6) is 0.435. The van der Waals surface area contributed by atoms with Crippen LogP contribution in [0.3, 0.4) is 0 Å². The summed E-state index contributed by atoms with van der Waals surface area (Å²) in [7, 11) is 0. The second-order valence-corrected chi connectivity index (χ2v) is 15.5. The lowest BCUT2D eigenvalue weighted by molar-refractivity contribution is 0.668. The van der Waals surface area contributed by atoms with Crippen molar-refractivity contribution < 1.29 is 17.1 Å². The maximum atomic E-state index is 9.79. The monoisotopic (exact) mass is 812 g/mol. The Balaban J connectivity index is 1.08. The highest BCUT2D eigenvalue weighted by molar-refractivity contribution is 6.17. The van der Waals surface area contributed by atoms with Gasteiger partial charge in [0.25, 0.3) is 0 Å². The molecule has 6 nitrogen and oxygen atoms in total. The van der Waals surface area contributed by atoms with Crippen LogP contribution in [0.15, 0.2) is 215 Å². The van der Waals surface area contributed by atoms with Gasteiger partial charge in [0.15, 0.2) is 11.6 Å². The number of rotatable bonds is 6. The van der Waals surface area contributed by atoms with Crippen molar-refractivity contribution in [1.82, 2.24) is 19.5 Å². The van der Waals surface area contributed by atoms with Gasteiger partial charge >= 0.3 is 0 Å². The topological polar surface area (TPSA) is 69.9 Å². The second-order valence-electron chi connectivity index (χ2n) is 15.5. The molecule has 0 fully saturated rings. The number of hydrogen-bond donors (Lipinski definition) is 0. The molecule has 9 aromatic carbocycles. The van der Waals surface area contributed by atoms with Gasteiger partial charge in [0.2, 0.25) is 5.95 Å². The minimum absolute atomic E-state index is 0.0372. The summed E-state index contributed by atoms with van der Waals surface area (Å²) < 4.78 is 70.4. The molecule has 63 heavy (non-hydrogen) atoms. The lowest BCUT2D eigenvalue weighted by Gasteiger charge is -2.12. The first-order valence-corrected chi connectivity index (χ1v) is 20.6. The lowest BCUT2D eigenvalue weighted by atomic mass is 9.98. The Kier molecular flexibility index (Phi) is 6.56. The normalized spacial score (nSPS) is 13.1. The molecular weight excluding hydrogens is 773 g/mol. The van der Waals surface area contributed by atoms with Crippen LogP contribution in [0.2, 0.25) is 0 Å². The third-order valence-corrected chi connectivity index (χ3v) is 11.8. The maximum absolute atomic E-state index is 9.79. The number of fused-ring (bicyclic) bond motifs is 9. The highest BCUT2D eigenvalue weighted by Crippen LogP contribution is 2.41. The zero-order valence-electron chi connectivity index (χ0n) is 39.3. The van der Waals surface area contributed by atoms with Gasteiger partial charge in [0, 0.05) is 49.5 Å². The minimum Gasteiger partial charge on any atom is -0.456 e. The van der Waals surface area contributed by atoms with Crippen LogP contribution in [0.5, 0.6) is 0 Å². The van der Waals surface area contributed by atoms with Crippen LogP contribution in [0, 0.1) is 0 Å². The molecule has 0 unspecified atom stereocenters. The molecule has 13 aromatic rings. The third kappa shape index (κ3) is 5.76. The van der Waals surface area contributed by atoms with E-state index in [4.69, 9.17) is 27.9 Å². The van der Waals surface area contributed by atoms with Crippen LogP contribution in [0.25, 0.3) is 128 Å². The molecule has 0 atom stereocenters. The van der Waals surface area contributed by atoms with Crippen LogP contribution in [-0.4, -0.2) is 19.5 Å². The average molecular weight is 813 g/mol. The molecule has 294 valence electrons. The van der Waals surface area contributed by atoms with Crippen LogP contribution in [0.4, 0.5) is 0 Å². The van der Waals surface area contributed by atoms with Crippen molar-refractivity contribution in [2.24, 2.45) is 0 Å². The molecule has 6 heteroatoms. The molecule has 0 radical (unpaired) electrons. The van der Waals surface area contributed by atoms with Gasteiger partial charge in [-0.1, -0.05) is 152 Å². The molecule has 0 aliphatic carbocycles. The molecule has 0 N–H and O–H groups in total. The fourth-order valence-corrected chi connectivity index (χ4v) is 8.84. The van der Waals surface area contributed by atoms with Gasteiger partial charge in [-0.2, -0.15) is 9.97 Å². The van der Waals surface area contributed by atoms with E-state index in [1.807, 2.05) is 108 Å². The summed E-state index contributed by atoms with van der Waals surface area (Å²) in [6.45, 7) is 0. The van der Waals surface area contributed by atoms with Crippen molar-refractivity contribution in [3.8, 4) is 62.1 Å². The molecule has 4 heterocycles. The molecule has 0 amide bonds. The first-order valence-electron chi connectivity index (χ1n) is 23.6. The van der Waals surface area contributed by atoms with E-state index >= 15 is 0 Å². The smallest absolute Gasteiger partial charge is 0.238 e. The fourth-order valence-electron chi connectivity index (χ4n) is 8.84. The quantitative estimate of drug-likeness (QED) is 0.167. The Hall–Kier alpha value is -8.61. The Morgan fingerprint density at radius 2 is 1.02 bits per heavy atom. The van der Waals surface area contributed by atoms with Crippen molar-refractivity contribution in [1.29, 1.82) is 0 Å². The summed E-state index contributed by atoms with van der Waals surface area (Å²) in [6.07, 6.45) is 0. The number of aromatic nitrogens is 4. The van der Waals surface area contributed by atoms with Crippen molar-refractivity contribution in [2.75, 3.05) is 0 Å². The van der Waals surface area contributed by atoms with Crippen molar-refractivity contribution in [3.63, 3.8) is 0 Å². The van der Waals surface area contributed by atoms with Crippen molar-refractivity contribution in [2.45, 2.75) is 0 Å². The molecule has 0 spiro atoms. The summed E-state index contributed by atoms with van der Waals surface area (Å²) in [4.78, 5) is 15.3. The van der Waals surface area contributed by atoms with Crippen molar-refractivity contribution >= 4 is 65.7 Å². The maximum Gasteiger partial charge on any atom is 0.238 e. The van der Waals surface area contributed by atoms with E-state index in [2.05, 4.69) is 42.5 Å². The van der Waals surface area contributed by atoms with Gasteiger partial charge in [0.05, 0.1) is 19.3 Å². The Morgan fingerprint density at radius 1 is 0.381 bits per heavy atom. The van der Waals surface area contributed by atoms with Crippen LogP contribution < -0.4 is 0 Å². The first-order chi connectivity index (χ1) is 33.7. The number of nitrogens with zero attached hydrogens (tertiary/aromatic N) is 4. The Morgan fingerprint density at radius 3 is 1.83 bits per heavy atom. The summed E-state index contributed by atoms with van der Waals surface area (Å²) in [5.41, 5.74) is 8.38. The van der Waals surface area contributed by atoms with Crippen LogP contribution in [-0.2, 0) is 0 Å². The van der Waals surface area contributed by atoms with E-state index in [1.165, 1.54) is 0 Å². The first kappa shape index (κ1) is 29.6. The van der Waals surface area contributed by atoms with Gasteiger partial charge < -0.3 is 8.83 Å². The van der Waals surface area contributed by atoms with E-state index < -0.39 is 0 Å². The molecule has 0 saturated heterocycles. The number of benzene rings is 9. The fraction of sp³-hybridized carbons (Fsp3) is 0. The molecular formula is C57H34N4O2. The third-order valence-electron chi connectivity index (χ3n) is 11.8. The zero-order chi connectivity index (χ0) is 46.7. The molecule has 13 rings (SSSR count). The van der Waals surface area contributed by atoms with Gasteiger partial charge in [0.1, 0.15) is 22.3 Å². The van der Waals surface area contributed by atoms with Gasteiger partial charge in [-0.3, -0.25) is 4.57 Å². The predicted octanol–water partition coefficient (Wildman–Crippen LogP) is 15.1. The number of para-hydroxylation sites is 2. The molecule has 0 bridgehead atoms. The van der Waals surface area contributed by atoms with Gasteiger partial charge in [-0.05, 0) is 81.8 Å². The van der Waals surface area contributed by atoms with E-state index in [1.54, 1.807) is 24.3 Å².